The number of fused-ring (bicyclic) bond motifs is 1. The van der Waals surface area contributed by atoms with E-state index in [1.165, 1.54) is 10.8 Å². The molecule has 0 radical (unpaired) electrons. The van der Waals surface area contributed by atoms with Crippen LogP contribution in [0.3, 0.4) is 0 Å². The van der Waals surface area contributed by atoms with Crippen LogP contribution >= 0.6 is 0 Å². The van der Waals surface area contributed by atoms with Crippen LogP contribution in [0.15, 0.2) is 42.5 Å². The summed E-state index contributed by atoms with van der Waals surface area (Å²) >= 11 is 0. The predicted octanol–water partition coefficient (Wildman–Crippen LogP) is 2.57. The SMILES string of the molecule is NCC(F)(F)CNCCc1ccc2ccccc2c1. The lowest BCUT2D eigenvalue weighted by molar-refractivity contribution is 0.0121. The third-order valence-electron chi connectivity index (χ3n) is 3.09. The monoisotopic (exact) mass is 264 g/mol. The average molecular weight is 264 g/mol. The first-order valence-electron chi connectivity index (χ1n) is 6.37. The minimum atomic E-state index is -2.82. The molecule has 0 saturated carbocycles. The van der Waals surface area contributed by atoms with Crippen LogP contribution in [-0.2, 0) is 6.42 Å². The number of nitrogens with two attached hydrogens (primary N) is 1. The summed E-state index contributed by atoms with van der Waals surface area (Å²) in [5, 5.41) is 5.11. The van der Waals surface area contributed by atoms with Crippen LogP contribution in [0.2, 0.25) is 0 Å². The van der Waals surface area contributed by atoms with Crippen molar-refractivity contribution in [1.82, 2.24) is 5.32 Å². The zero-order valence-corrected chi connectivity index (χ0v) is 10.7. The van der Waals surface area contributed by atoms with Crippen LogP contribution in [0.5, 0.6) is 0 Å². The van der Waals surface area contributed by atoms with Crippen LogP contribution in [0, 0.1) is 0 Å². The molecule has 0 unspecified atom stereocenters. The molecule has 2 aromatic rings. The Balaban J connectivity index is 1.88. The maximum atomic E-state index is 12.9. The lowest BCUT2D eigenvalue weighted by Crippen LogP contribution is -2.39. The summed E-state index contributed by atoms with van der Waals surface area (Å²) in [6.45, 7) is -0.457. The topological polar surface area (TPSA) is 38.0 Å². The summed E-state index contributed by atoms with van der Waals surface area (Å²) in [6.07, 6.45) is 0.728. The van der Waals surface area contributed by atoms with Crippen molar-refractivity contribution >= 4 is 10.8 Å². The Kier molecular flexibility index (Phi) is 4.45. The molecule has 102 valence electrons. The van der Waals surface area contributed by atoms with Gasteiger partial charge in [-0.05, 0) is 29.3 Å². The first-order valence-corrected chi connectivity index (χ1v) is 6.37. The Morgan fingerprint density at radius 2 is 1.79 bits per heavy atom. The average Bonchev–Trinajstić information content (AvgIpc) is 2.43. The van der Waals surface area contributed by atoms with Gasteiger partial charge in [0.25, 0.3) is 5.92 Å². The highest BCUT2D eigenvalue weighted by atomic mass is 19.3. The summed E-state index contributed by atoms with van der Waals surface area (Å²) in [7, 11) is 0. The van der Waals surface area contributed by atoms with Gasteiger partial charge in [-0.25, -0.2) is 8.78 Å². The van der Waals surface area contributed by atoms with Gasteiger partial charge in [0.05, 0.1) is 13.1 Å². The van der Waals surface area contributed by atoms with Gasteiger partial charge in [0.1, 0.15) is 0 Å². The number of hydrogen-bond acceptors (Lipinski definition) is 2. The standard InChI is InChI=1S/C15H18F2N2/c16-15(17,10-18)11-19-8-7-12-5-6-13-3-1-2-4-14(13)9-12/h1-6,9,19H,7-8,10-11,18H2. The molecular weight excluding hydrogens is 246 g/mol. The van der Waals surface area contributed by atoms with Gasteiger partial charge in [0.15, 0.2) is 0 Å². The summed E-state index contributed by atoms with van der Waals surface area (Å²) in [4.78, 5) is 0. The molecule has 19 heavy (non-hydrogen) atoms. The predicted molar refractivity (Wildman–Crippen MR) is 74.5 cm³/mol. The summed E-state index contributed by atoms with van der Waals surface area (Å²) < 4.78 is 25.8. The van der Waals surface area contributed by atoms with E-state index < -0.39 is 12.5 Å². The normalized spacial score (nSPS) is 11.9. The molecule has 0 saturated heterocycles. The second-order valence-electron chi connectivity index (χ2n) is 4.67. The zero-order valence-electron chi connectivity index (χ0n) is 10.7. The van der Waals surface area contributed by atoms with Gasteiger partial charge in [-0.2, -0.15) is 0 Å². The number of nitrogens with one attached hydrogen (secondary N) is 1. The summed E-state index contributed by atoms with van der Waals surface area (Å²) in [5.41, 5.74) is 6.11. The Labute approximate surface area is 111 Å². The number of benzene rings is 2. The van der Waals surface area contributed by atoms with Gasteiger partial charge in [-0.15, -0.1) is 0 Å². The highest BCUT2D eigenvalue weighted by Gasteiger charge is 2.25. The number of alkyl halides is 2. The first kappa shape index (κ1) is 13.9. The van der Waals surface area contributed by atoms with Crippen LogP contribution < -0.4 is 11.1 Å². The van der Waals surface area contributed by atoms with E-state index in [2.05, 4.69) is 29.6 Å². The van der Waals surface area contributed by atoms with Gasteiger partial charge in [0.2, 0.25) is 0 Å². The Morgan fingerprint density at radius 3 is 2.53 bits per heavy atom. The molecule has 0 aromatic heterocycles. The molecule has 0 fully saturated rings. The zero-order chi connectivity index (χ0) is 13.7. The minimum absolute atomic E-state index is 0.364. The molecule has 4 heteroatoms. The fraction of sp³-hybridized carbons (Fsp3) is 0.333. The molecule has 0 aliphatic rings. The maximum Gasteiger partial charge on any atom is 0.272 e. The van der Waals surface area contributed by atoms with E-state index in [1.807, 2.05) is 18.2 Å². The second kappa shape index (κ2) is 6.08. The van der Waals surface area contributed by atoms with Crippen molar-refractivity contribution in [3.63, 3.8) is 0 Å². The van der Waals surface area contributed by atoms with E-state index in [1.54, 1.807) is 0 Å². The van der Waals surface area contributed by atoms with Crippen LogP contribution in [0.4, 0.5) is 8.78 Å². The molecule has 3 N–H and O–H groups in total. The Bertz CT molecular complexity index is 540. The van der Waals surface area contributed by atoms with Gasteiger partial charge < -0.3 is 11.1 Å². The fourth-order valence-electron chi connectivity index (χ4n) is 1.97. The largest absolute Gasteiger partial charge is 0.325 e. The maximum absolute atomic E-state index is 12.9. The third kappa shape index (κ3) is 3.98. The summed E-state index contributed by atoms with van der Waals surface area (Å²) in [5.74, 6) is -2.82. The van der Waals surface area contributed by atoms with E-state index in [-0.39, 0.29) is 6.54 Å². The molecule has 0 spiro atoms. The van der Waals surface area contributed by atoms with Crippen LogP contribution in [0.1, 0.15) is 5.56 Å². The lowest BCUT2D eigenvalue weighted by atomic mass is 10.1. The molecule has 2 rings (SSSR count). The van der Waals surface area contributed by atoms with Gasteiger partial charge in [-0.3, -0.25) is 0 Å². The van der Waals surface area contributed by atoms with Crippen LogP contribution in [-0.4, -0.2) is 25.6 Å². The number of hydrogen-bond donors (Lipinski definition) is 2. The molecule has 2 aromatic carbocycles. The molecule has 0 bridgehead atoms. The van der Waals surface area contributed by atoms with Crippen molar-refractivity contribution in [2.24, 2.45) is 5.73 Å². The van der Waals surface area contributed by atoms with E-state index in [4.69, 9.17) is 5.73 Å². The highest BCUT2D eigenvalue weighted by Crippen LogP contribution is 2.15. The van der Waals surface area contributed by atoms with E-state index in [9.17, 15) is 8.78 Å². The van der Waals surface area contributed by atoms with Gasteiger partial charge in [-0.1, -0.05) is 42.5 Å². The highest BCUT2D eigenvalue weighted by molar-refractivity contribution is 5.82. The molecule has 0 aliphatic carbocycles. The lowest BCUT2D eigenvalue weighted by Gasteiger charge is -2.14. The first-order chi connectivity index (χ1) is 9.11. The summed E-state index contributed by atoms with van der Waals surface area (Å²) in [6, 6.07) is 14.3. The van der Waals surface area contributed by atoms with E-state index in [0.29, 0.717) is 6.54 Å². The number of halogens is 2. The Morgan fingerprint density at radius 1 is 1.05 bits per heavy atom. The van der Waals surface area contributed by atoms with Crippen molar-refractivity contribution in [3.8, 4) is 0 Å². The molecule has 2 nitrogen and oxygen atoms in total. The van der Waals surface area contributed by atoms with Crippen molar-refractivity contribution < 1.29 is 8.78 Å². The molecule has 0 heterocycles. The smallest absolute Gasteiger partial charge is 0.272 e. The van der Waals surface area contributed by atoms with Crippen LogP contribution in [0.25, 0.3) is 10.8 Å². The van der Waals surface area contributed by atoms with E-state index in [0.717, 1.165) is 12.0 Å². The number of rotatable bonds is 6. The third-order valence-corrected chi connectivity index (χ3v) is 3.09. The van der Waals surface area contributed by atoms with Crippen molar-refractivity contribution in [2.45, 2.75) is 12.3 Å². The molecule has 0 aliphatic heterocycles. The van der Waals surface area contributed by atoms with Crippen molar-refractivity contribution in [1.29, 1.82) is 0 Å². The van der Waals surface area contributed by atoms with Gasteiger partial charge in [0, 0.05) is 0 Å². The Hall–Kier alpha value is -1.52. The van der Waals surface area contributed by atoms with Crippen molar-refractivity contribution in [2.75, 3.05) is 19.6 Å². The quantitative estimate of drug-likeness (QED) is 0.787. The molecule has 0 atom stereocenters. The fourth-order valence-corrected chi connectivity index (χ4v) is 1.97. The second-order valence-corrected chi connectivity index (χ2v) is 4.67. The molecular formula is C15H18F2N2. The van der Waals surface area contributed by atoms with Crippen molar-refractivity contribution in [3.05, 3.63) is 48.0 Å². The molecule has 0 amide bonds. The minimum Gasteiger partial charge on any atom is -0.325 e. The van der Waals surface area contributed by atoms with E-state index >= 15 is 0 Å². The van der Waals surface area contributed by atoms with Gasteiger partial charge >= 0.3 is 0 Å².